The number of alkyl halides is 2. The van der Waals surface area contributed by atoms with Gasteiger partial charge in [-0.05, 0) is 18.5 Å². The minimum Gasteiger partial charge on any atom is -0.472 e. The van der Waals surface area contributed by atoms with Gasteiger partial charge < -0.3 is 10.1 Å². The third kappa shape index (κ3) is 2.62. The Morgan fingerprint density at radius 1 is 1.47 bits per heavy atom. The van der Waals surface area contributed by atoms with Gasteiger partial charge in [-0.2, -0.15) is 0 Å². The molecule has 0 spiro atoms. The van der Waals surface area contributed by atoms with Gasteiger partial charge >= 0.3 is 0 Å². The highest BCUT2D eigenvalue weighted by Crippen LogP contribution is 2.16. The smallest absolute Gasteiger partial charge is 0.272 e. The Morgan fingerprint density at radius 2 is 2.33 bits per heavy atom. The number of hydrogen-bond acceptors (Lipinski definition) is 3. The van der Waals surface area contributed by atoms with Gasteiger partial charge in [0, 0.05) is 12.6 Å². The highest BCUT2D eigenvalue weighted by Gasteiger charge is 2.11. The van der Waals surface area contributed by atoms with Crippen molar-refractivity contribution in [2.75, 3.05) is 13.2 Å². The molecular weight excluding hydrogens is 202 g/mol. The van der Waals surface area contributed by atoms with Crippen molar-refractivity contribution >= 4 is 0 Å². The molecule has 2 rings (SSSR count). The van der Waals surface area contributed by atoms with Crippen LogP contribution in [0.2, 0.25) is 0 Å². The van der Waals surface area contributed by atoms with E-state index >= 15 is 0 Å². The molecule has 0 radical (unpaired) electrons. The summed E-state index contributed by atoms with van der Waals surface area (Å²) in [6.07, 6.45) is -1.53. The first-order valence-electron chi connectivity index (χ1n) is 4.86. The standard InChI is InChI=1S/C10H12F2N2O/c11-9(12)6-15-10-2-1-7-3-4-13-5-8(7)14-10/h1-2,9,13H,3-6H2. The molecule has 2 heterocycles. The van der Waals surface area contributed by atoms with Crippen LogP contribution in [-0.4, -0.2) is 24.6 Å². The first kappa shape index (κ1) is 10.3. The monoisotopic (exact) mass is 214 g/mol. The minimum atomic E-state index is -2.46. The molecule has 0 saturated heterocycles. The van der Waals surface area contributed by atoms with Crippen molar-refractivity contribution in [1.29, 1.82) is 0 Å². The lowest BCUT2D eigenvalue weighted by atomic mass is 10.1. The quantitative estimate of drug-likeness (QED) is 0.825. The second-order valence-corrected chi connectivity index (χ2v) is 3.38. The maximum absolute atomic E-state index is 11.9. The molecule has 5 heteroatoms. The summed E-state index contributed by atoms with van der Waals surface area (Å²) < 4.78 is 28.6. The summed E-state index contributed by atoms with van der Waals surface area (Å²) in [6, 6.07) is 3.54. The number of halogens is 2. The molecule has 0 amide bonds. The van der Waals surface area contributed by atoms with E-state index < -0.39 is 13.0 Å². The maximum atomic E-state index is 11.9. The fraction of sp³-hybridized carbons (Fsp3) is 0.500. The molecule has 0 atom stereocenters. The summed E-state index contributed by atoms with van der Waals surface area (Å²) in [5.74, 6) is 0.276. The van der Waals surface area contributed by atoms with Crippen LogP contribution in [0.5, 0.6) is 5.88 Å². The Hall–Kier alpha value is -1.23. The lowest BCUT2D eigenvalue weighted by molar-refractivity contribution is 0.0794. The SMILES string of the molecule is FC(F)COc1ccc2c(n1)CNCC2. The number of nitrogens with one attached hydrogen (secondary N) is 1. The average molecular weight is 214 g/mol. The number of rotatable bonds is 3. The molecule has 1 aromatic rings. The molecule has 0 bridgehead atoms. The van der Waals surface area contributed by atoms with Crippen molar-refractivity contribution in [1.82, 2.24) is 10.3 Å². The van der Waals surface area contributed by atoms with Gasteiger partial charge in [-0.3, -0.25) is 0 Å². The highest BCUT2D eigenvalue weighted by molar-refractivity contribution is 5.27. The fourth-order valence-corrected chi connectivity index (χ4v) is 1.55. The van der Waals surface area contributed by atoms with Crippen LogP contribution >= 0.6 is 0 Å². The van der Waals surface area contributed by atoms with Crippen molar-refractivity contribution in [2.45, 2.75) is 19.4 Å². The van der Waals surface area contributed by atoms with Crippen LogP contribution in [0.15, 0.2) is 12.1 Å². The van der Waals surface area contributed by atoms with E-state index in [1.54, 1.807) is 6.07 Å². The second kappa shape index (κ2) is 4.53. The van der Waals surface area contributed by atoms with E-state index in [9.17, 15) is 8.78 Å². The van der Waals surface area contributed by atoms with Gasteiger partial charge in [0.15, 0.2) is 6.61 Å². The first-order valence-corrected chi connectivity index (χ1v) is 4.86. The van der Waals surface area contributed by atoms with Crippen LogP contribution < -0.4 is 10.1 Å². The predicted molar refractivity (Wildman–Crippen MR) is 51.1 cm³/mol. The topological polar surface area (TPSA) is 34.1 Å². The highest BCUT2D eigenvalue weighted by atomic mass is 19.3. The second-order valence-electron chi connectivity index (χ2n) is 3.38. The zero-order valence-electron chi connectivity index (χ0n) is 8.17. The van der Waals surface area contributed by atoms with Crippen molar-refractivity contribution in [2.24, 2.45) is 0 Å². The molecule has 0 unspecified atom stereocenters. The van der Waals surface area contributed by atoms with E-state index in [1.807, 2.05) is 6.07 Å². The van der Waals surface area contributed by atoms with Gasteiger partial charge in [-0.1, -0.05) is 6.07 Å². The van der Waals surface area contributed by atoms with Crippen LogP contribution in [-0.2, 0) is 13.0 Å². The van der Waals surface area contributed by atoms with Crippen molar-refractivity contribution in [3.05, 3.63) is 23.4 Å². The van der Waals surface area contributed by atoms with Gasteiger partial charge in [0.1, 0.15) is 0 Å². The fourth-order valence-electron chi connectivity index (χ4n) is 1.55. The molecule has 0 fully saturated rings. The zero-order chi connectivity index (χ0) is 10.7. The molecule has 1 aliphatic heterocycles. The number of ether oxygens (including phenoxy) is 1. The molecule has 82 valence electrons. The number of aromatic nitrogens is 1. The van der Waals surface area contributed by atoms with Gasteiger partial charge in [-0.25, -0.2) is 13.8 Å². The van der Waals surface area contributed by atoms with E-state index in [2.05, 4.69) is 10.3 Å². The summed E-state index contributed by atoms with van der Waals surface area (Å²) in [6.45, 7) is 1.02. The lowest BCUT2D eigenvalue weighted by Crippen LogP contribution is -2.24. The molecule has 0 aromatic carbocycles. The molecule has 15 heavy (non-hydrogen) atoms. The molecular formula is C10H12F2N2O. The van der Waals surface area contributed by atoms with Gasteiger partial charge in [0.05, 0.1) is 5.69 Å². The molecule has 1 N–H and O–H groups in total. The van der Waals surface area contributed by atoms with E-state index in [1.165, 1.54) is 0 Å². The summed E-state index contributed by atoms with van der Waals surface area (Å²) in [5, 5.41) is 3.17. The molecule has 1 aromatic heterocycles. The largest absolute Gasteiger partial charge is 0.472 e. The van der Waals surface area contributed by atoms with E-state index in [4.69, 9.17) is 4.74 Å². The van der Waals surface area contributed by atoms with Crippen LogP contribution in [0.1, 0.15) is 11.3 Å². The van der Waals surface area contributed by atoms with Crippen molar-refractivity contribution in [3.63, 3.8) is 0 Å². The third-order valence-corrected chi connectivity index (χ3v) is 2.26. The van der Waals surface area contributed by atoms with Gasteiger partial charge in [-0.15, -0.1) is 0 Å². The Balaban J connectivity index is 2.07. The zero-order valence-corrected chi connectivity index (χ0v) is 8.17. The number of hydrogen-bond donors (Lipinski definition) is 1. The van der Waals surface area contributed by atoms with Crippen LogP contribution in [0.25, 0.3) is 0 Å². The Labute approximate surface area is 86.5 Å². The van der Waals surface area contributed by atoms with E-state index in [0.717, 1.165) is 24.2 Å². The molecule has 1 aliphatic rings. The van der Waals surface area contributed by atoms with Crippen LogP contribution in [0.4, 0.5) is 8.78 Å². The molecule has 0 aliphatic carbocycles. The predicted octanol–water partition coefficient (Wildman–Crippen LogP) is 1.37. The maximum Gasteiger partial charge on any atom is 0.272 e. The molecule has 0 saturated carbocycles. The summed E-state index contributed by atoms with van der Waals surface area (Å²) in [7, 11) is 0. The van der Waals surface area contributed by atoms with Gasteiger partial charge in [0.2, 0.25) is 5.88 Å². The van der Waals surface area contributed by atoms with Crippen LogP contribution in [0.3, 0.4) is 0 Å². The minimum absolute atomic E-state index is 0.276. The Morgan fingerprint density at radius 3 is 3.13 bits per heavy atom. The molecule has 3 nitrogen and oxygen atoms in total. The summed E-state index contributed by atoms with van der Waals surface area (Å²) in [5.41, 5.74) is 2.06. The van der Waals surface area contributed by atoms with E-state index in [0.29, 0.717) is 6.54 Å². The first-order chi connectivity index (χ1) is 7.25. The number of nitrogens with zero attached hydrogens (tertiary/aromatic N) is 1. The lowest BCUT2D eigenvalue weighted by Gasteiger charge is -2.16. The van der Waals surface area contributed by atoms with Gasteiger partial charge in [0.25, 0.3) is 6.43 Å². The normalized spacial score (nSPS) is 15.1. The average Bonchev–Trinajstić information content (AvgIpc) is 2.26. The summed E-state index contributed by atoms with van der Waals surface area (Å²) in [4.78, 5) is 4.17. The van der Waals surface area contributed by atoms with E-state index in [-0.39, 0.29) is 5.88 Å². The Kier molecular flexibility index (Phi) is 3.11. The van der Waals surface area contributed by atoms with Crippen molar-refractivity contribution in [3.8, 4) is 5.88 Å². The number of pyridine rings is 1. The summed E-state index contributed by atoms with van der Waals surface area (Å²) >= 11 is 0. The Bertz CT molecular complexity index is 344. The van der Waals surface area contributed by atoms with Crippen LogP contribution in [0, 0.1) is 0 Å². The third-order valence-electron chi connectivity index (χ3n) is 2.26. The van der Waals surface area contributed by atoms with Crippen molar-refractivity contribution < 1.29 is 13.5 Å². The number of fused-ring (bicyclic) bond motifs is 1.